The highest BCUT2D eigenvalue weighted by atomic mass is 79.9. The summed E-state index contributed by atoms with van der Waals surface area (Å²) < 4.78 is 22.8. The Kier molecular flexibility index (Phi) is 5.83. The van der Waals surface area contributed by atoms with Crippen molar-refractivity contribution in [2.45, 2.75) is 20.0 Å². The lowest BCUT2D eigenvalue weighted by atomic mass is 10.1. The molecule has 0 aliphatic heterocycles. The smallest absolute Gasteiger partial charge is 0.310 e. The van der Waals surface area contributed by atoms with Gasteiger partial charge in [-0.25, -0.2) is 0 Å². The minimum atomic E-state index is -0.298. The Morgan fingerprint density at radius 3 is 2.85 bits per heavy atom. The summed E-state index contributed by atoms with van der Waals surface area (Å²) in [5, 5.41) is 0.991. The van der Waals surface area contributed by atoms with Gasteiger partial charge in [-0.1, -0.05) is 12.1 Å². The van der Waals surface area contributed by atoms with Gasteiger partial charge < -0.3 is 18.6 Å². The summed E-state index contributed by atoms with van der Waals surface area (Å²) in [6, 6.07) is 11.3. The molecule has 3 rings (SSSR count). The molecule has 0 saturated heterocycles. The molecule has 0 N–H and O–H groups in total. The fraction of sp³-hybridized carbons (Fsp3) is 0.250. The number of esters is 1. The zero-order valence-electron chi connectivity index (χ0n) is 14.6. The van der Waals surface area contributed by atoms with Crippen molar-refractivity contribution < 1.29 is 23.4 Å². The summed E-state index contributed by atoms with van der Waals surface area (Å²) in [4.78, 5) is 11.9. The van der Waals surface area contributed by atoms with E-state index in [4.69, 9.17) is 18.6 Å². The van der Waals surface area contributed by atoms with E-state index in [1.807, 2.05) is 30.3 Å². The minimum Gasteiger partial charge on any atom is -0.493 e. The van der Waals surface area contributed by atoms with E-state index in [2.05, 4.69) is 15.9 Å². The SMILES string of the molecule is CCOC(=O)Cc1cccc(OC)c1OCc1cc(Br)c2occc2c1. The molecule has 1 aromatic heterocycles. The van der Waals surface area contributed by atoms with E-state index >= 15 is 0 Å². The zero-order chi connectivity index (χ0) is 18.5. The van der Waals surface area contributed by atoms with Gasteiger partial charge in [-0.05, 0) is 52.7 Å². The van der Waals surface area contributed by atoms with Crippen molar-refractivity contribution in [3.05, 3.63) is 58.3 Å². The standard InChI is InChI=1S/C20H19BrO5/c1-3-24-18(22)11-14-5-4-6-17(23-2)20(14)26-12-13-9-15-7-8-25-19(15)16(21)10-13/h4-10H,3,11-12H2,1-2H3. The summed E-state index contributed by atoms with van der Waals surface area (Å²) in [6.07, 6.45) is 1.78. The van der Waals surface area contributed by atoms with Crippen LogP contribution in [0.15, 0.2) is 51.6 Å². The molecule has 0 spiro atoms. The Labute approximate surface area is 160 Å². The van der Waals surface area contributed by atoms with Crippen LogP contribution in [0.25, 0.3) is 11.0 Å². The van der Waals surface area contributed by atoms with Crippen molar-refractivity contribution in [2.75, 3.05) is 13.7 Å². The van der Waals surface area contributed by atoms with Crippen LogP contribution in [0.3, 0.4) is 0 Å². The van der Waals surface area contributed by atoms with Crippen molar-refractivity contribution in [1.29, 1.82) is 0 Å². The van der Waals surface area contributed by atoms with Gasteiger partial charge in [-0.3, -0.25) is 4.79 Å². The first-order chi connectivity index (χ1) is 12.6. The van der Waals surface area contributed by atoms with Gasteiger partial charge in [-0.15, -0.1) is 0 Å². The van der Waals surface area contributed by atoms with Crippen molar-refractivity contribution in [3.63, 3.8) is 0 Å². The van der Waals surface area contributed by atoms with Gasteiger partial charge in [0.25, 0.3) is 0 Å². The van der Waals surface area contributed by atoms with Crippen molar-refractivity contribution in [2.24, 2.45) is 0 Å². The van der Waals surface area contributed by atoms with E-state index < -0.39 is 0 Å². The van der Waals surface area contributed by atoms with Crippen LogP contribution in [-0.2, 0) is 22.6 Å². The lowest BCUT2D eigenvalue weighted by Gasteiger charge is -2.15. The maximum atomic E-state index is 11.9. The molecule has 0 saturated carbocycles. The summed E-state index contributed by atoms with van der Waals surface area (Å²) in [7, 11) is 1.57. The van der Waals surface area contributed by atoms with E-state index in [9.17, 15) is 4.79 Å². The van der Waals surface area contributed by atoms with Gasteiger partial charge in [0.15, 0.2) is 11.5 Å². The number of benzene rings is 2. The summed E-state index contributed by atoms with van der Waals surface area (Å²) >= 11 is 3.51. The molecule has 0 atom stereocenters. The molecular weight excluding hydrogens is 400 g/mol. The lowest BCUT2D eigenvalue weighted by Crippen LogP contribution is -2.09. The lowest BCUT2D eigenvalue weighted by molar-refractivity contribution is -0.142. The molecule has 2 aromatic carbocycles. The molecule has 0 bridgehead atoms. The second-order valence-corrected chi connectivity index (χ2v) is 6.49. The molecular formula is C20H19BrO5. The van der Waals surface area contributed by atoms with Gasteiger partial charge in [0.1, 0.15) is 12.2 Å². The Hall–Kier alpha value is -2.47. The van der Waals surface area contributed by atoms with Crippen LogP contribution in [0.5, 0.6) is 11.5 Å². The van der Waals surface area contributed by atoms with Crippen molar-refractivity contribution in [3.8, 4) is 11.5 Å². The average molecular weight is 419 g/mol. The molecule has 0 unspecified atom stereocenters. The molecule has 0 amide bonds. The topological polar surface area (TPSA) is 57.9 Å². The first kappa shape index (κ1) is 18.3. The molecule has 0 aliphatic carbocycles. The molecule has 5 nitrogen and oxygen atoms in total. The number of rotatable bonds is 7. The third-order valence-electron chi connectivity index (χ3n) is 3.87. The zero-order valence-corrected chi connectivity index (χ0v) is 16.2. The van der Waals surface area contributed by atoms with Crippen LogP contribution in [0.1, 0.15) is 18.1 Å². The minimum absolute atomic E-state index is 0.130. The van der Waals surface area contributed by atoms with Gasteiger partial charge >= 0.3 is 5.97 Å². The number of hydrogen-bond donors (Lipinski definition) is 0. The first-order valence-corrected chi connectivity index (χ1v) is 9.01. The largest absolute Gasteiger partial charge is 0.493 e. The third kappa shape index (κ3) is 4.02. The number of fused-ring (bicyclic) bond motifs is 1. The molecule has 26 heavy (non-hydrogen) atoms. The highest BCUT2D eigenvalue weighted by Crippen LogP contribution is 2.33. The number of para-hydroxylation sites is 1. The quantitative estimate of drug-likeness (QED) is 0.511. The molecule has 0 fully saturated rings. The predicted octanol–water partition coefficient (Wildman–Crippen LogP) is 4.89. The Balaban J connectivity index is 1.84. The van der Waals surface area contributed by atoms with Gasteiger partial charge in [0.2, 0.25) is 0 Å². The third-order valence-corrected chi connectivity index (χ3v) is 4.46. The molecule has 0 radical (unpaired) electrons. The second kappa shape index (κ2) is 8.27. The van der Waals surface area contributed by atoms with E-state index in [-0.39, 0.29) is 12.4 Å². The molecule has 0 aliphatic rings. The van der Waals surface area contributed by atoms with Gasteiger partial charge in [0.05, 0.1) is 30.9 Å². The summed E-state index contributed by atoms with van der Waals surface area (Å²) in [6.45, 7) is 2.46. The van der Waals surface area contributed by atoms with Crippen molar-refractivity contribution >= 4 is 32.9 Å². The molecule has 3 aromatic rings. The second-order valence-electron chi connectivity index (χ2n) is 5.64. The van der Waals surface area contributed by atoms with E-state index in [1.54, 1.807) is 26.4 Å². The fourth-order valence-electron chi connectivity index (χ4n) is 2.73. The summed E-state index contributed by atoms with van der Waals surface area (Å²) in [5.41, 5.74) is 2.50. The maximum absolute atomic E-state index is 11.9. The fourth-order valence-corrected chi connectivity index (χ4v) is 3.34. The van der Waals surface area contributed by atoms with E-state index in [0.717, 1.165) is 26.6 Å². The maximum Gasteiger partial charge on any atom is 0.310 e. The van der Waals surface area contributed by atoms with Crippen LogP contribution in [-0.4, -0.2) is 19.7 Å². The van der Waals surface area contributed by atoms with Crippen LogP contribution in [0.2, 0.25) is 0 Å². The molecule has 1 heterocycles. The molecule has 136 valence electrons. The highest BCUT2D eigenvalue weighted by molar-refractivity contribution is 9.10. The van der Waals surface area contributed by atoms with Crippen LogP contribution < -0.4 is 9.47 Å². The number of carbonyl (C=O) groups is 1. The number of ether oxygens (including phenoxy) is 3. The first-order valence-electron chi connectivity index (χ1n) is 8.22. The number of halogens is 1. The van der Waals surface area contributed by atoms with E-state index in [0.29, 0.717) is 24.7 Å². The summed E-state index contributed by atoms with van der Waals surface area (Å²) in [5.74, 6) is 0.829. The number of methoxy groups -OCH3 is 1. The number of hydrogen-bond acceptors (Lipinski definition) is 5. The average Bonchev–Trinajstić information content (AvgIpc) is 3.09. The number of carbonyl (C=O) groups excluding carboxylic acids is 1. The Bertz CT molecular complexity index is 916. The van der Waals surface area contributed by atoms with E-state index in [1.165, 1.54) is 0 Å². The monoisotopic (exact) mass is 418 g/mol. The Morgan fingerprint density at radius 2 is 2.08 bits per heavy atom. The van der Waals surface area contributed by atoms with Gasteiger partial charge in [-0.2, -0.15) is 0 Å². The molecule has 6 heteroatoms. The van der Waals surface area contributed by atoms with Crippen LogP contribution in [0, 0.1) is 0 Å². The van der Waals surface area contributed by atoms with Crippen LogP contribution in [0.4, 0.5) is 0 Å². The highest BCUT2D eigenvalue weighted by Gasteiger charge is 2.15. The number of furan rings is 1. The van der Waals surface area contributed by atoms with Crippen LogP contribution >= 0.6 is 15.9 Å². The Morgan fingerprint density at radius 1 is 1.23 bits per heavy atom. The van der Waals surface area contributed by atoms with Gasteiger partial charge in [0, 0.05) is 10.9 Å². The van der Waals surface area contributed by atoms with Crippen molar-refractivity contribution in [1.82, 2.24) is 0 Å². The predicted molar refractivity (Wildman–Crippen MR) is 102 cm³/mol. The normalized spacial score (nSPS) is 10.7.